The summed E-state index contributed by atoms with van der Waals surface area (Å²) >= 11 is 6.12. The van der Waals surface area contributed by atoms with Crippen molar-refractivity contribution in [2.24, 2.45) is 4.99 Å². The lowest BCUT2D eigenvalue weighted by atomic mass is 10.1. The number of H-pyrrole nitrogens is 1. The summed E-state index contributed by atoms with van der Waals surface area (Å²) < 4.78 is 0. The highest BCUT2D eigenvalue weighted by atomic mass is 35.5. The molecule has 2 N–H and O–H groups in total. The number of aromatic amines is 1. The van der Waals surface area contributed by atoms with Gasteiger partial charge in [0, 0.05) is 55.3 Å². The molecular formula is C20H30ClN5O. The second-order valence-electron chi connectivity index (χ2n) is 6.41. The number of hydrogen-bond acceptors (Lipinski definition) is 2. The molecule has 0 saturated heterocycles. The molecular weight excluding hydrogens is 362 g/mol. The predicted molar refractivity (Wildman–Crippen MR) is 114 cm³/mol. The maximum Gasteiger partial charge on any atom is 0.242 e. The minimum absolute atomic E-state index is 0.111. The molecule has 0 radical (unpaired) electrons. The second-order valence-corrected chi connectivity index (χ2v) is 6.85. The smallest absolute Gasteiger partial charge is 0.242 e. The Hall–Kier alpha value is -2.21. The summed E-state index contributed by atoms with van der Waals surface area (Å²) in [5.41, 5.74) is 2.26. The Balaban J connectivity index is 2.03. The second kappa shape index (κ2) is 10.2. The van der Waals surface area contributed by atoms with Gasteiger partial charge in [-0.05, 0) is 51.0 Å². The van der Waals surface area contributed by atoms with Gasteiger partial charge < -0.3 is 20.1 Å². The number of guanidine groups is 1. The zero-order valence-corrected chi connectivity index (χ0v) is 17.4. The summed E-state index contributed by atoms with van der Waals surface area (Å²) in [6, 6.07) is 5.85. The number of rotatable bonds is 8. The van der Waals surface area contributed by atoms with Gasteiger partial charge in [0.25, 0.3) is 0 Å². The molecule has 2 aromatic rings. The molecule has 6 nitrogen and oxygen atoms in total. The molecule has 1 heterocycles. The van der Waals surface area contributed by atoms with E-state index in [0.29, 0.717) is 13.1 Å². The Morgan fingerprint density at radius 2 is 2.00 bits per heavy atom. The molecule has 0 spiro atoms. The van der Waals surface area contributed by atoms with Gasteiger partial charge in [0.15, 0.2) is 5.96 Å². The lowest BCUT2D eigenvalue weighted by Gasteiger charge is -2.25. The first-order chi connectivity index (χ1) is 13.0. The highest BCUT2D eigenvalue weighted by Gasteiger charge is 2.15. The first-order valence-electron chi connectivity index (χ1n) is 9.52. The number of nitrogens with zero attached hydrogens (tertiary/aromatic N) is 3. The van der Waals surface area contributed by atoms with Crippen LogP contribution in [0.5, 0.6) is 0 Å². The van der Waals surface area contributed by atoms with Crippen molar-refractivity contribution in [1.29, 1.82) is 0 Å². The number of amides is 1. The number of fused-ring (bicyclic) bond motifs is 1. The fourth-order valence-corrected chi connectivity index (χ4v) is 3.24. The van der Waals surface area contributed by atoms with Crippen LogP contribution in [-0.2, 0) is 11.2 Å². The molecule has 148 valence electrons. The maximum atomic E-state index is 12.3. The fourth-order valence-electron chi connectivity index (χ4n) is 3.06. The summed E-state index contributed by atoms with van der Waals surface area (Å²) in [6.45, 7) is 9.16. The highest BCUT2D eigenvalue weighted by molar-refractivity contribution is 6.31. The van der Waals surface area contributed by atoms with Gasteiger partial charge in [0.2, 0.25) is 5.91 Å². The van der Waals surface area contributed by atoms with Gasteiger partial charge in [-0.1, -0.05) is 11.6 Å². The Bertz CT molecular complexity index is 782. The van der Waals surface area contributed by atoms with Crippen LogP contribution < -0.4 is 5.32 Å². The molecule has 0 saturated carbocycles. The number of likely N-dealkylation sites (N-methyl/N-ethyl adjacent to an activating group) is 2. The minimum Gasteiger partial charge on any atom is -0.361 e. The molecule has 0 bridgehead atoms. The zero-order chi connectivity index (χ0) is 19.8. The number of halogens is 1. The van der Waals surface area contributed by atoms with E-state index in [9.17, 15) is 4.79 Å². The molecule has 1 amide bonds. The van der Waals surface area contributed by atoms with E-state index in [-0.39, 0.29) is 5.91 Å². The molecule has 1 aromatic carbocycles. The van der Waals surface area contributed by atoms with Crippen molar-refractivity contribution in [3.05, 3.63) is 35.0 Å². The number of hydrogen-bond donors (Lipinski definition) is 2. The maximum absolute atomic E-state index is 12.3. The summed E-state index contributed by atoms with van der Waals surface area (Å²) in [4.78, 5) is 24.0. The van der Waals surface area contributed by atoms with Crippen LogP contribution in [0.1, 0.15) is 26.3 Å². The largest absolute Gasteiger partial charge is 0.361 e. The SMILES string of the molecule is CCNC(=NCCc1c[nH]c2ccc(Cl)cc12)N(C)CC(=O)N(CC)CC. The van der Waals surface area contributed by atoms with Crippen molar-refractivity contribution in [1.82, 2.24) is 20.1 Å². The highest BCUT2D eigenvalue weighted by Crippen LogP contribution is 2.22. The standard InChI is InChI=1S/C20H30ClN5O/c1-5-22-20(25(4)14-19(27)26(6-2)7-3)23-11-10-15-13-24-18-9-8-16(21)12-17(15)18/h8-9,12-13,24H,5-7,10-11,14H2,1-4H3,(H,22,23). The normalized spacial score (nSPS) is 11.7. The van der Waals surface area contributed by atoms with Gasteiger partial charge in [-0.15, -0.1) is 0 Å². The van der Waals surface area contributed by atoms with Crippen molar-refractivity contribution < 1.29 is 4.79 Å². The van der Waals surface area contributed by atoms with Crippen molar-refractivity contribution in [3.63, 3.8) is 0 Å². The van der Waals surface area contributed by atoms with E-state index < -0.39 is 0 Å². The molecule has 7 heteroatoms. The van der Waals surface area contributed by atoms with Crippen LogP contribution in [0.3, 0.4) is 0 Å². The third-order valence-electron chi connectivity index (χ3n) is 4.56. The van der Waals surface area contributed by atoms with Crippen molar-refractivity contribution in [2.45, 2.75) is 27.2 Å². The number of aromatic nitrogens is 1. The summed E-state index contributed by atoms with van der Waals surface area (Å²) in [7, 11) is 1.90. The van der Waals surface area contributed by atoms with Gasteiger partial charge in [-0.25, -0.2) is 0 Å². The van der Waals surface area contributed by atoms with Crippen LogP contribution in [0.2, 0.25) is 5.02 Å². The molecule has 0 aliphatic carbocycles. The number of nitrogens with one attached hydrogen (secondary N) is 2. The molecule has 2 rings (SSSR count). The van der Waals surface area contributed by atoms with Crippen LogP contribution in [0, 0.1) is 0 Å². The lowest BCUT2D eigenvalue weighted by molar-refractivity contribution is -0.131. The number of carbonyl (C=O) groups is 1. The van der Waals surface area contributed by atoms with E-state index in [1.54, 1.807) is 0 Å². The van der Waals surface area contributed by atoms with Gasteiger partial charge in [-0.3, -0.25) is 9.79 Å². The number of carbonyl (C=O) groups excluding carboxylic acids is 1. The minimum atomic E-state index is 0.111. The van der Waals surface area contributed by atoms with E-state index in [4.69, 9.17) is 16.6 Å². The van der Waals surface area contributed by atoms with Gasteiger partial charge in [0.1, 0.15) is 0 Å². The van der Waals surface area contributed by atoms with E-state index in [2.05, 4.69) is 10.3 Å². The summed E-state index contributed by atoms with van der Waals surface area (Å²) in [6.07, 6.45) is 2.81. The fraction of sp³-hybridized carbons (Fsp3) is 0.500. The molecule has 0 fully saturated rings. The third kappa shape index (κ3) is 5.63. The zero-order valence-electron chi connectivity index (χ0n) is 16.7. The van der Waals surface area contributed by atoms with Gasteiger partial charge >= 0.3 is 0 Å². The Kier molecular flexibility index (Phi) is 7.98. The topological polar surface area (TPSA) is 63.7 Å². The van der Waals surface area contributed by atoms with Crippen LogP contribution in [0.25, 0.3) is 10.9 Å². The first kappa shape index (κ1) is 21.1. The molecule has 0 aliphatic heterocycles. The first-order valence-corrected chi connectivity index (χ1v) is 9.90. The predicted octanol–water partition coefficient (Wildman–Crippen LogP) is 3.13. The van der Waals surface area contributed by atoms with E-state index in [1.165, 1.54) is 5.56 Å². The number of aliphatic imine (C=N–C) groups is 1. The quantitative estimate of drug-likeness (QED) is 0.536. The average Bonchev–Trinajstić information content (AvgIpc) is 3.04. The lowest BCUT2D eigenvalue weighted by Crippen LogP contribution is -2.45. The Labute approximate surface area is 166 Å². The van der Waals surface area contributed by atoms with E-state index in [1.807, 2.05) is 62.0 Å². The molecule has 27 heavy (non-hydrogen) atoms. The van der Waals surface area contributed by atoms with E-state index in [0.717, 1.165) is 47.9 Å². The van der Waals surface area contributed by atoms with Crippen LogP contribution >= 0.6 is 11.6 Å². The van der Waals surface area contributed by atoms with Gasteiger partial charge in [-0.2, -0.15) is 0 Å². The molecule has 0 unspecified atom stereocenters. The van der Waals surface area contributed by atoms with E-state index >= 15 is 0 Å². The molecule has 0 atom stereocenters. The summed E-state index contributed by atoms with van der Waals surface area (Å²) in [5, 5.41) is 5.13. The van der Waals surface area contributed by atoms with Crippen molar-refractivity contribution >= 4 is 34.4 Å². The van der Waals surface area contributed by atoms with Crippen LogP contribution in [0.4, 0.5) is 0 Å². The Morgan fingerprint density at radius 1 is 1.26 bits per heavy atom. The third-order valence-corrected chi connectivity index (χ3v) is 4.79. The summed E-state index contributed by atoms with van der Waals surface area (Å²) in [5.74, 6) is 0.857. The average molecular weight is 392 g/mol. The van der Waals surface area contributed by atoms with Crippen molar-refractivity contribution in [2.75, 3.05) is 39.8 Å². The van der Waals surface area contributed by atoms with Crippen LogP contribution in [0.15, 0.2) is 29.4 Å². The van der Waals surface area contributed by atoms with Gasteiger partial charge in [0.05, 0.1) is 6.54 Å². The number of benzene rings is 1. The Morgan fingerprint density at radius 3 is 2.67 bits per heavy atom. The monoisotopic (exact) mass is 391 g/mol. The van der Waals surface area contributed by atoms with Crippen molar-refractivity contribution in [3.8, 4) is 0 Å². The van der Waals surface area contributed by atoms with Crippen LogP contribution in [-0.4, -0.2) is 66.4 Å². The molecule has 1 aromatic heterocycles. The molecule has 0 aliphatic rings.